The van der Waals surface area contributed by atoms with Crippen LogP contribution in [0.2, 0.25) is 0 Å². The second-order valence-electron chi connectivity index (χ2n) is 8.06. The van der Waals surface area contributed by atoms with Gasteiger partial charge in [-0.1, -0.05) is 35.6 Å². The van der Waals surface area contributed by atoms with Crippen LogP contribution in [0.5, 0.6) is 11.5 Å². The molecule has 36 heavy (non-hydrogen) atoms. The number of aromatic hydroxyl groups is 1. The smallest absolute Gasteiger partial charge is 0.299 e. The molecule has 0 aliphatic carbocycles. The Morgan fingerprint density at radius 1 is 1.06 bits per heavy atom. The van der Waals surface area contributed by atoms with Gasteiger partial charge in [-0.15, -0.1) is 5.10 Å². The van der Waals surface area contributed by atoms with Crippen molar-refractivity contribution in [2.24, 2.45) is 0 Å². The van der Waals surface area contributed by atoms with E-state index in [1.807, 2.05) is 12.1 Å². The summed E-state index contributed by atoms with van der Waals surface area (Å²) < 4.78 is 6.57. The molecule has 0 atom stereocenters. The quantitative estimate of drug-likeness (QED) is 0.244. The number of phenolic OH excluding ortho intramolecular Hbond substituents is 1. The van der Waals surface area contributed by atoms with Crippen LogP contribution in [0.3, 0.4) is 0 Å². The van der Waals surface area contributed by atoms with Crippen LogP contribution in [0.25, 0.3) is 11.8 Å². The van der Waals surface area contributed by atoms with E-state index in [9.17, 15) is 19.5 Å². The molecule has 0 saturated carbocycles. The molecule has 1 aromatic heterocycles. The van der Waals surface area contributed by atoms with Gasteiger partial charge in [0.15, 0.2) is 5.78 Å². The van der Waals surface area contributed by atoms with Crippen molar-refractivity contribution in [3.8, 4) is 17.2 Å². The Kier molecular flexibility index (Phi) is 5.87. The highest BCUT2D eigenvalue weighted by Crippen LogP contribution is 2.30. The van der Waals surface area contributed by atoms with Gasteiger partial charge in [0.25, 0.3) is 11.7 Å². The number of carbonyl (C=O) groups is 3. The Morgan fingerprint density at radius 2 is 1.83 bits per heavy atom. The highest BCUT2D eigenvalue weighted by molar-refractivity contribution is 6.52. The lowest BCUT2D eigenvalue weighted by Gasteiger charge is -2.14. The van der Waals surface area contributed by atoms with Gasteiger partial charge in [0.05, 0.1) is 42.4 Å². The number of rotatable bonds is 7. The van der Waals surface area contributed by atoms with E-state index in [1.165, 1.54) is 27.8 Å². The fourth-order valence-electron chi connectivity index (χ4n) is 3.90. The molecule has 9 nitrogen and oxygen atoms in total. The number of allylic oxidation sites excluding steroid dienone is 1. The second-order valence-corrected chi connectivity index (χ2v) is 8.06. The molecule has 1 amide bonds. The Balaban J connectivity index is 1.35. The van der Waals surface area contributed by atoms with Crippen LogP contribution in [0.15, 0.2) is 79.0 Å². The number of aromatic nitrogens is 3. The Hall–Kier alpha value is -5.05. The van der Waals surface area contributed by atoms with E-state index in [-0.39, 0.29) is 23.6 Å². The molecule has 3 aromatic carbocycles. The molecule has 178 valence electrons. The molecule has 4 aromatic rings. The van der Waals surface area contributed by atoms with Crippen molar-refractivity contribution in [1.29, 1.82) is 0 Å². The number of para-hydroxylation sites is 1. The number of carbonyl (C=O) groups excluding carboxylic acids is 3. The normalized spacial score (nSPS) is 12.9. The fraction of sp³-hybridized carbons (Fsp3) is 0.0741. The van der Waals surface area contributed by atoms with Gasteiger partial charge in [-0.3, -0.25) is 19.3 Å². The summed E-state index contributed by atoms with van der Waals surface area (Å²) in [6.45, 7) is 0.0655. The molecule has 9 heteroatoms. The van der Waals surface area contributed by atoms with Crippen LogP contribution in [0.4, 0.5) is 5.69 Å². The van der Waals surface area contributed by atoms with E-state index in [0.29, 0.717) is 28.4 Å². The number of anilines is 1. The van der Waals surface area contributed by atoms with Crippen molar-refractivity contribution in [2.45, 2.75) is 6.54 Å². The van der Waals surface area contributed by atoms with Crippen LogP contribution in [0.1, 0.15) is 32.0 Å². The summed E-state index contributed by atoms with van der Waals surface area (Å²) in [6.07, 6.45) is 4.63. The molecule has 1 aliphatic rings. The van der Waals surface area contributed by atoms with Gasteiger partial charge < -0.3 is 9.84 Å². The van der Waals surface area contributed by atoms with Crippen LogP contribution >= 0.6 is 0 Å². The van der Waals surface area contributed by atoms with Crippen LogP contribution in [0, 0.1) is 0 Å². The Morgan fingerprint density at radius 3 is 2.61 bits per heavy atom. The standard InChI is InChI=1S/C27H20N4O5/c1-36-20-10-6-17(7-11-20)8-12-24(32)22-14-19(9-13-25(22)33)31-16-18(28-29-31)15-30-23-5-3-2-4-21(23)26(34)27(30)35/h2-14,16,33H,15H2,1H3/b12-8+. The molecule has 0 saturated heterocycles. The third kappa shape index (κ3) is 4.25. The number of hydrogen-bond acceptors (Lipinski definition) is 7. The largest absolute Gasteiger partial charge is 0.507 e. The minimum atomic E-state index is -0.619. The molecule has 2 heterocycles. The molecular formula is C27H20N4O5. The van der Waals surface area contributed by atoms with Gasteiger partial charge in [-0.2, -0.15) is 0 Å². The number of phenols is 1. The maximum Gasteiger partial charge on any atom is 0.299 e. The number of ether oxygens (including phenoxy) is 1. The third-order valence-electron chi connectivity index (χ3n) is 5.79. The maximum atomic E-state index is 12.8. The first-order valence-corrected chi connectivity index (χ1v) is 11.0. The predicted molar refractivity (Wildman–Crippen MR) is 131 cm³/mol. The number of amides is 1. The minimum Gasteiger partial charge on any atom is -0.507 e. The third-order valence-corrected chi connectivity index (χ3v) is 5.79. The zero-order chi connectivity index (χ0) is 25.2. The van der Waals surface area contributed by atoms with Crippen molar-refractivity contribution in [1.82, 2.24) is 15.0 Å². The summed E-state index contributed by atoms with van der Waals surface area (Å²) in [7, 11) is 1.58. The first-order valence-electron chi connectivity index (χ1n) is 11.0. The molecule has 0 fully saturated rings. The van der Waals surface area contributed by atoms with Gasteiger partial charge >= 0.3 is 0 Å². The van der Waals surface area contributed by atoms with Crippen molar-refractivity contribution < 1.29 is 24.2 Å². The highest BCUT2D eigenvalue weighted by atomic mass is 16.5. The Labute approximate surface area is 205 Å². The number of ketones is 2. The number of nitrogens with zero attached hydrogens (tertiary/aromatic N) is 4. The van der Waals surface area contributed by atoms with Gasteiger partial charge in [-0.05, 0) is 54.1 Å². The van der Waals surface area contributed by atoms with Crippen molar-refractivity contribution in [3.63, 3.8) is 0 Å². The highest BCUT2D eigenvalue weighted by Gasteiger charge is 2.35. The van der Waals surface area contributed by atoms with Gasteiger partial charge in [0.1, 0.15) is 17.2 Å². The summed E-state index contributed by atoms with van der Waals surface area (Å²) >= 11 is 0. The zero-order valence-corrected chi connectivity index (χ0v) is 19.2. The average molecular weight is 480 g/mol. The van der Waals surface area contributed by atoms with E-state index in [0.717, 1.165) is 5.56 Å². The van der Waals surface area contributed by atoms with E-state index in [2.05, 4.69) is 10.3 Å². The van der Waals surface area contributed by atoms with Crippen LogP contribution in [-0.4, -0.2) is 44.7 Å². The molecule has 1 aliphatic heterocycles. The van der Waals surface area contributed by atoms with Crippen LogP contribution in [-0.2, 0) is 11.3 Å². The predicted octanol–water partition coefficient (Wildman–Crippen LogP) is 3.61. The molecule has 0 radical (unpaired) electrons. The first kappa shape index (κ1) is 22.7. The van der Waals surface area contributed by atoms with Gasteiger partial charge in [-0.25, -0.2) is 4.68 Å². The molecule has 1 N–H and O–H groups in total. The van der Waals surface area contributed by atoms with Gasteiger partial charge in [0, 0.05) is 0 Å². The lowest BCUT2D eigenvalue weighted by Crippen LogP contribution is -2.29. The average Bonchev–Trinajstić information content (AvgIpc) is 3.47. The summed E-state index contributed by atoms with van der Waals surface area (Å²) in [5.74, 6) is -1.01. The number of fused-ring (bicyclic) bond motifs is 1. The molecule has 0 spiro atoms. The summed E-state index contributed by atoms with van der Waals surface area (Å²) in [6, 6.07) is 18.5. The minimum absolute atomic E-state index is 0.0655. The second kappa shape index (κ2) is 9.30. The number of Topliss-reactive ketones (excluding diaryl/α,β-unsaturated/α-hetero) is 1. The van der Waals surface area contributed by atoms with Crippen molar-refractivity contribution >= 4 is 29.2 Å². The lowest BCUT2D eigenvalue weighted by molar-refractivity contribution is -0.114. The summed E-state index contributed by atoms with van der Waals surface area (Å²) in [5, 5.41) is 18.5. The van der Waals surface area contributed by atoms with Gasteiger partial charge in [0.2, 0.25) is 0 Å². The zero-order valence-electron chi connectivity index (χ0n) is 19.2. The number of hydrogen-bond donors (Lipinski definition) is 1. The van der Waals surface area contributed by atoms with Crippen LogP contribution < -0.4 is 9.64 Å². The SMILES string of the molecule is COc1ccc(/C=C/C(=O)c2cc(-n3cc(CN4C(=O)C(=O)c5ccccc54)nn3)ccc2O)cc1. The molecule has 0 unspecified atom stereocenters. The van der Waals surface area contributed by atoms with Crippen molar-refractivity contribution in [3.05, 3.63) is 101 Å². The number of methoxy groups -OCH3 is 1. The fourth-order valence-corrected chi connectivity index (χ4v) is 3.90. The summed E-state index contributed by atoms with van der Waals surface area (Å²) in [4.78, 5) is 38.8. The Bertz CT molecular complexity index is 1520. The molecule has 5 rings (SSSR count). The van der Waals surface area contributed by atoms with E-state index < -0.39 is 11.7 Å². The van der Waals surface area contributed by atoms with E-state index >= 15 is 0 Å². The van der Waals surface area contributed by atoms with E-state index in [1.54, 1.807) is 61.8 Å². The molecular weight excluding hydrogens is 460 g/mol. The topological polar surface area (TPSA) is 115 Å². The molecule has 0 bridgehead atoms. The van der Waals surface area contributed by atoms with E-state index in [4.69, 9.17) is 4.74 Å². The monoisotopic (exact) mass is 480 g/mol. The summed E-state index contributed by atoms with van der Waals surface area (Å²) in [5.41, 5.74) is 2.74. The lowest BCUT2D eigenvalue weighted by atomic mass is 10.1. The maximum absolute atomic E-state index is 12.8. The van der Waals surface area contributed by atoms with Crippen molar-refractivity contribution in [2.75, 3.05) is 12.0 Å². The number of benzene rings is 3. The first-order chi connectivity index (χ1) is 17.4.